The van der Waals surface area contributed by atoms with Gasteiger partial charge in [0.2, 0.25) is 11.8 Å². The van der Waals surface area contributed by atoms with E-state index in [1.165, 1.54) is 6.42 Å². The standard InChI is InChI=1S/C25H32N4O4/c30-15-19(13-18-10-11-26-23(18)31)27-24(32)21(12-16-6-2-1-3-7-16)29-25(33)22-14-17-8-4-5-9-20(17)28-22/h4-5,8-9,14-16,18-19,21,28H,1-3,6-7,10-13H2,(H,26,31)(H,27,32)(H,29,33)/t18?,19-,21-/m0/s1. The molecule has 33 heavy (non-hydrogen) atoms. The topological polar surface area (TPSA) is 120 Å². The molecule has 2 aliphatic rings. The smallest absolute Gasteiger partial charge is 0.268 e. The van der Waals surface area contributed by atoms with Gasteiger partial charge in [0.25, 0.3) is 5.91 Å². The highest BCUT2D eigenvalue weighted by Gasteiger charge is 2.31. The van der Waals surface area contributed by atoms with Crippen molar-refractivity contribution in [3.8, 4) is 0 Å². The summed E-state index contributed by atoms with van der Waals surface area (Å²) < 4.78 is 0. The van der Waals surface area contributed by atoms with Crippen LogP contribution in [0.25, 0.3) is 10.9 Å². The summed E-state index contributed by atoms with van der Waals surface area (Å²) in [5.41, 5.74) is 1.25. The van der Waals surface area contributed by atoms with Crippen LogP contribution in [-0.2, 0) is 14.4 Å². The number of amides is 3. The van der Waals surface area contributed by atoms with Gasteiger partial charge < -0.3 is 25.7 Å². The molecule has 2 heterocycles. The molecule has 0 spiro atoms. The molecule has 3 amide bonds. The number of rotatable bonds is 9. The average Bonchev–Trinajstić information content (AvgIpc) is 3.44. The quantitative estimate of drug-likeness (QED) is 0.437. The van der Waals surface area contributed by atoms with Crippen molar-refractivity contribution in [1.29, 1.82) is 0 Å². The lowest BCUT2D eigenvalue weighted by Gasteiger charge is -2.27. The third-order valence-electron chi connectivity index (χ3n) is 6.88. The number of para-hydroxylation sites is 1. The van der Waals surface area contributed by atoms with Crippen LogP contribution in [0.15, 0.2) is 30.3 Å². The Kier molecular flexibility index (Phi) is 7.42. The normalized spacial score (nSPS) is 20.7. The van der Waals surface area contributed by atoms with Crippen LogP contribution >= 0.6 is 0 Å². The van der Waals surface area contributed by atoms with Crippen LogP contribution in [0.3, 0.4) is 0 Å². The predicted octanol–water partition coefficient (Wildman–Crippen LogP) is 2.45. The number of aromatic nitrogens is 1. The summed E-state index contributed by atoms with van der Waals surface area (Å²) in [5, 5.41) is 9.35. The first-order valence-electron chi connectivity index (χ1n) is 12.0. The number of fused-ring (bicyclic) bond motifs is 1. The molecule has 1 saturated carbocycles. The minimum Gasteiger partial charge on any atom is -0.356 e. The van der Waals surface area contributed by atoms with E-state index in [2.05, 4.69) is 20.9 Å². The summed E-state index contributed by atoms with van der Waals surface area (Å²) in [6, 6.07) is 7.88. The Hall–Kier alpha value is -3.16. The maximum Gasteiger partial charge on any atom is 0.268 e. The fraction of sp³-hybridized carbons (Fsp3) is 0.520. The van der Waals surface area contributed by atoms with Gasteiger partial charge in [0.1, 0.15) is 18.0 Å². The molecule has 1 aromatic carbocycles. The highest BCUT2D eigenvalue weighted by Crippen LogP contribution is 2.28. The van der Waals surface area contributed by atoms with Crippen LogP contribution in [0.2, 0.25) is 0 Å². The lowest BCUT2D eigenvalue weighted by Crippen LogP contribution is -2.51. The number of hydrogen-bond acceptors (Lipinski definition) is 4. The van der Waals surface area contributed by atoms with Crippen LogP contribution < -0.4 is 16.0 Å². The van der Waals surface area contributed by atoms with Gasteiger partial charge in [-0.15, -0.1) is 0 Å². The second-order valence-electron chi connectivity index (χ2n) is 9.30. The lowest BCUT2D eigenvalue weighted by molar-refractivity contribution is -0.127. The molecule has 1 saturated heterocycles. The molecular formula is C25H32N4O4. The Bertz CT molecular complexity index is 978. The van der Waals surface area contributed by atoms with Gasteiger partial charge in [-0.05, 0) is 37.3 Å². The molecule has 8 heteroatoms. The highest BCUT2D eigenvalue weighted by atomic mass is 16.2. The van der Waals surface area contributed by atoms with Crippen molar-refractivity contribution in [2.45, 2.75) is 63.5 Å². The van der Waals surface area contributed by atoms with Gasteiger partial charge in [-0.3, -0.25) is 14.4 Å². The monoisotopic (exact) mass is 452 g/mol. The highest BCUT2D eigenvalue weighted by molar-refractivity contribution is 6.00. The third kappa shape index (κ3) is 5.80. The Morgan fingerprint density at radius 3 is 2.55 bits per heavy atom. The zero-order valence-corrected chi connectivity index (χ0v) is 18.8. The molecule has 2 aromatic rings. The molecule has 8 nitrogen and oxygen atoms in total. The van der Waals surface area contributed by atoms with Gasteiger partial charge in [-0.2, -0.15) is 0 Å². The number of nitrogens with one attached hydrogen (secondary N) is 4. The van der Waals surface area contributed by atoms with E-state index in [1.807, 2.05) is 24.3 Å². The van der Waals surface area contributed by atoms with Gasteiger partial charge in [-0.25, -0.2) is 0 Å². The van der Waals surface area contributed by atoms with Crippen molar-refractivity contribution < 1.29 is 19.2 Å². The summed E-state index contributed by atoms with van der Waals surface area (Å²) in [5.74, 6) is -0.728. The molecule has 0 radical (unpaired) electrons. The number of aldehydes is 1. The molecule has 4 rings (SSSR count). The molecular weight excluding hydrogens is 420 g/mol. The van der Waals surface area contributed by atoms with Crippen molar-refractivity contribution in [1.82, 2.24) is 20.9 Å². The second kappa shape index (κ2) is 10.6. The Labute approximate surface area is 193 Å². The fourth-order valence-corrected chi connectivity index (χ4v) is 5.03. The summed E-state index contributed by atoms with van der Waals surface area (Å²) >= 11 is 0. The van der Waals surface area contributed by atoms with Crippen molar-refractivity contribution in [3.63, 3.8) is 0 Å². The fourth-order valence-electron chi connectivity index (χ4n) is 5.03. The molecule has 1 aliphatic heterocycles. The first kappa shape index (κ1) is 23.0. The van der Waals surface area contributed by atoms with Gasteiger partial charge in [0.05, 0.1) is 6.04 Å². The largest absolute Gasteiger partial charge is 0.356 e. The average molecular weight is 453 g/mol. The number of aromatic amines is 1. The summed E-state index contributed by atoms with van der Waals surface area (Å²) in [6.45, 7) is 0.591. The molecule has 4 N–H and O–H groups in total. The first-order chi connectivity index (χ1) is 16.0. The summed E-state index contributed by atoms with van der Waals surface area (Å²) in [7, 11) is 0. The minimum atomic E-state index is -0.759. The van der Waals surface area contributed by atoms with Crippen molar-refractivity contribution in [2.24, 2.45) is 11.8 Å². The third-order valence-corrected chi connectivity index (χ3v) is 6.88. The van der Waals surface area contributed by atoms with E-state index in [9.17, 15) is 19.2 Å². The Balaban J connectivity index is 1.45. The van der Waals surface area contributed by atoms with Gasteiger partial charge >= 0.3 is 0 Å². The Morgan fingerprint density at radius 1 is 1.06 bits per heavy atom. The van der Waals surface area contributed by atoms with E-state index >= 15 is 0 Å². The van der Waals surface area contributed by atoms with Crippen LogP contribution in [-0.4, -0.2) is 47.6 Å². The molecule has 1 aromatic heterocycles. The van der Waals surface area contributed by atoms with Crippen LogP contribution in [0, 0.1) is 11.8 Å². The molecule has 0 bridgehead atoms. The molecule has 2 fully saturated rings. The zero-order chi connectivity index (χ0) is 23.2. The van der Waals surface area contributed by atoms with E-state index < -0.39 is 12.1 Å². The Morgan fingerprint density at radius 2 is 1.85 bits per heavy atom. The summed E-state index contributed by atoms with van der Waals surface area (Å²) in [4.78, 5) is 52.8. The van der Waals surface area contributed by atoms with Crippen LogP contribution in [0.5, 0.6) is 0 Å². The van der Waals surface area contributed by atoms with E-state index in [1.54, 1.807) is 6.07 Å². The van der Waals surface area contributed by atoms with E-state index in [0.29, 0.717) is 37.3 Å². The number of carbonyl (C=O) groups excluding carboxylic acids is 4. The molecule has 3 atom stereocenters. The van der Waals surface area contributed by atoms with Gasteiger partial charge in [-0.1, -0.05) is 50.3 Å². The van der Waals surface area contributed by atoms with Crippen molar-refractivity contribution in [3.05, 3.63) is 36.0 Å². The van der Waals surface area contributed by atoms with Crippen LogP contribution in [0.1, 0.15) is 61.9 Å². The molecule has 1 unspecified atom stereocenters. The minimum absolute atomic E-state index is 0.0815. The number of H-pyrrole nitrogens is 1. The van der Waals surface area contributed by atoms with E-state index in [-0.39, 0.29) is 30.1 Å². The zero-order valence-electron chi connectivity index (χ0n) is 18.8. The van der Waals surface area contributed by atoms with Crippen LogP contribution in [0.4, 0.5) is 0 Å². The number of benzene rings is 1. The first-order valence-corrected chi connectivity index (χ1v) is 12.0. The van der Waals surface area contributed by atoms with Gasteiger partial charge in [0.15, 0.2) is 0 Å². The summed E-state index contributed by atoms with van der Waals surface area (Å²) in [6.07, 6.45) is 7.66. The molecule has 1 aliphatic carbocycles. The SMILES string of the molecule is O=C[C@H](CC1CCNC1=O)NC(=O)[C@H](CC1CCCCC1)NC(=O)c1cc2ccccc2[nH]1. The van der Waals surface area contributed by atoms with Gasteiger partial charge in [0, 0.05) is 23.4 Å². The van der Waals surface area contributed by atoms with Crippen molar-refractivity contribution >= 4 is 34.9 Å². The van der Waals surface area contributed by atoms with Crippen molar-refractivity contribution in [2.75, 3.05) is 6.54 Å². The maximum absolute atomic E-state index is 13.2. The predicted molar refractivity (Wildman–Crippen MR) is 124 cm³/mol. The maximum atomic E-state index is 13.2. The number of carbonyl (C=O) groups is 4. The van der Waals surface area contributed by atoms with E-state index in [0.717, 1.165) is 36.6 Å². The number of hydrogen-bond donors (Lipinski definition) is 4. The van der Waals surface area contributed by atoms with E-state index in [4.69, 9.17) is 0 Å². The molecule has 176 valence electrons. The second-order valence-corrected chi connectivity index (χ2v) is 9.30. The lowest BCUT2D eigenvalue weighted by atomic mass is 9.84.